The van der Waals surface area contributed by atoms with Crippen LogP contribution in [0.1, 0.15) is 30.0 Å². The Labute approximate surface area is 137 Å². The molecule has 0 bridgehead atoms. The van der Waals surface area contributed by atoms with Crippen LogP contribution in [0.15, 0.2) is 48.5 Å². The molecule has 1 aliphatic rings. The number of para-hydroxylation sites is 1. The highest BCUT2D eigenvalue weighted by Crippen LogP contribution is 2.33. The van der Waals surface area contributed by atoms with Crippen molar-refractivity contribution < 1.29 is 9.53 Å². The lowest BCUT2D eigenvalue weighted by atomic mass is 10.0. The number of hydrogen-bond acceptors (Lipinski definition) is 2. The van der Waals surface area contributed by atoms with E-state index in [0.29, 0.717) is 0 Å². The van der Waals surface area contributed by atoms with E-state index in [9.17, 15) is 4.79 Å². The zero-order chi connectivity index (χ0) is 16.2. The van der Waals surface area contributed by atoms with Gasteiger partial charge in [0.15, 0.2) is 0 Å². The topological polar surface area (TPSA) is 41.6 Å². The number of anilines is 1. The lowest BCUT2D eigenvalue weighted by Crippen LogP contribution is -2.34. The normalized spacial score (nSPS) is 17.1. The fourth-order valence-corrected chi connectivity index (χ4v) is 3.08. The van der Waals surface area contributed by atoms with Gasteiger partial charge in [0.1, 0.15) is 5.75 Å². The summed E-state index contributed by atoms with van der Waals surface area (Å²) in [6.07, 6.45) is 2.02. The van der Waals surface area contributed by atoms with Gasteiger partial charge in [0.2, 0.25) is 0 Å². The van der Waals surface area contributed by atoms with E-state index in [-0.39, 0.29) is 12.1 Å². The van der Waals surface area contributed by atoms with Crippen molar-refractivity contribution >= 4 is 11.7 Å². The van der Waals surface area contributed by atoms with Gasteiger partial charge in [-0.3, -0.25) is 0 Å². The molecule has 1 aliphatic heterocycles. The van der Waals surface area contributed by atoms with E-state index >= 15 is 0 Å². The number of rotatable bonds is 3. The quantitative estimate of drug-likeness (QED) is 0.914. The van der Waals surface area contributed by atoms with Gasteiger partial charge in [-0.15, -0.1) is 0 Å². The van der Waals surface area contributed by atoms with Crippen LogP contribution >= 0.6 is 0 Å². The summed E-state index contributed by atoms with van der Waals surface area (Å²) in [5.41, 5.74) is 3.10. The number of aryl methyl sites for hydroxylation is 1. The fourth-order valence-electron chi connectivity index (χ4n) is 3.08. The number of methoxy groups -OCH3 is 1. The molecule has 2 amide bonds. The zero-order valence-corrected chi connectivity index (χ0v) is 13.6. The molecule has 0 aliphatic carbocycles. The van der Waals surface area contributed by atoms with E-state index in [2.05, 4.69) is 5.32 Å². The molecule has 23 heavy (non-hydrogen) atoms. The number of amides is 2. The van der Waals surface area contributed by atoms with Gasteiger partial charge in [0.05, 0.1) is 13.2 Å². The number of carbonyl (C=O) groups is 1. The van der Waals surface area contributed by atoms with E-state index in [1.54, 1.807) is 7.11 Å². The Hall–Kier alpha value is -2.49. The average molecular weight is 310 g/mol. The minimum Gasteiger partial charge on any atom is -0.497 e. The summed E-state index contributed by atoms with van der Waals surface area (Å²) in [6.45, 7) is 2.79. The van der Waals surface area contributed by atoms with Crippen LogP contribution in [-0.4, -0.2) is 24.6 Å². The van der Waals surface area contributed by atoms with Crippen molar-refractivity contribution in [2.75, 3.05) is 19.0 Å². The van der Waals surface area contributed by atoms with Crippen LogP contribution in [0.2, 0.25) is 0 Å². The maximum Gasteiger partial charge on any atom is 0.322 e. The number of likely N-dealkylation sites (tertiary alicyclic amines) is 1. The third-order valence-electron chi connectivity index (χ3n) is 4.40. The Kier molecular flexibility index (Phi) is 4.51. The van der Waals surface area contributed by atoms with E-state index in [0.717, 1.165) is 42.0 Å². The summed E-state index contributed by atoms with van der Waals surface area (Å²) in [4.78, 5) is 14.6. The molecule has 3 rings (SSSR count). The Morgan fingerprint density at radius 1 is 1.17 bits per heavy atom. The van der Waals surface area contributed by atoms with Gasteiger partial charge in [-0.05, 0) is 49.1 Å². The maximum absolute atomic E-state index is 12.7. The van der Waals surface area contributed by atoms with Crippen LogP contribution < -0.4 is 10.1 Å². The third kappa shape index (κ3) is 3.31. The lowest BCUT2D eigenvalue weighted by Gasteiger charge is -2.26. The summed E-state index contributed by atoms with van der Waals surface area (Å²) >= 11 is 0. The van der Waals surface area contributed by atoms with Crippen molar-refractivity contribution in [1.82, 2.24) is 4.90 Å². The molecule has 120 valence electrons. The van der Waals surface area contributed by atoms with E-state index in [1.807, 2.05) is 60.4 Å². The van der Waals surface area contributed by atoms with Crippen LogP contribution in [0.4, 0.5) is 10.5 Å². The highest BCUT2D eigenvalue weighted by molar-refractivity contribution is 5.90. The monoisotopic (exact) mass is 310 g/mol. The molecule has 0 radical (unpaired) electrons. The first-order valence-corrected chi connectivity index (χ1v) is 7.96. The van der Waals surface area contributed by atoms with Crippen LogP contribution in [0.25, 0.3) is 0 Å². The van der Waals surface area contributed by atoms with Crippen molar-refractivity contribution in [1.29, 1.82) is 0 Å². The Morgan fingerprint density at radius 2 is 1.91 bits per heavy atom. The van der Waals surface area contributed by atoms with Crippen LogP contribution in [-0.2, 0) is 0 Å². The number of benzene rings is 2. The van der Waals surface area contributed by atoms with Crippen molar-refractivity contribution in [3.05, 3.63) is 59.7 Å². The SMILES string of the molecule is COc1ccc([C@@H]2CCCN2C(=O)Nc2ccccc2C)cc1. The number of hydrogen-bond donors (Lipinski definition) is 1. The van der Waals surface area contributed by atoms with Gasteiger partial charge in [0, 0.05) is 12.2 Å². The molecule has 4 heteroatoms. The van der Waals surface area contributed by atoms with E-state index in [1.165, 1.54) is 0 Å². The van der Waals surface area contributed by atoms with Crippen LogP contribution in [0.5, 0.6) is 5.75 Å². The number of nitrogens with zero attached hydrogens (tertiary/aromatic N) is 1. The molecule has 0 saturated carbocycles. The molecule has 1 N–H and O–H groups in total. The highest BCUT2D eigenvalue weighted by Gasteiger charge is 2.30. The molecule has 0 spiro atoms. The molecule has 0 aromatic heterocycles. The Balaban J connectivity index is 1.75. The summed E-state index contributed by atoms with van der Waals surface area (Å²) in [5, 5.41) is 3.04. The number of ether oxygens (including phenoxy) is 1. The minimum atomic E-state index is -0.0300. The minimum absolute atomic E-state index is 0.0300. The Bertz CT molecular complexity index is 682. The van der Waals surface area contributed by atoms with Crippen LogP contribution in [0.3, 0.4) is 0 Å². The van der Waals surface area contributed by atoms with Crippen molar-refractivity contribution in [3.8, 4) is 5.75 Å². The van der Waals surface area contributed by atoms with Gasteiger partial charge in [0.25, 0.3) is 0 Å². The van der Waals surface area contributed by atoms with Gasteiger partial charge >= 0.3 is 6.03 Å². The molecule has 2 aromatic rings. The summed E-state index contributed by atoms with van der Waals surface area (Å²) < 4.78 is 5.21. The van der Waals surface area contributed by atoms with Gasteiger partial charge in [-0.1, -0.05) is 30.3 Å². The zero-order valence-electron chi connectivity index (χ0n) is 13.6. The first-order valence-electron chi connectivity index (χ1n) is 7.96. The smallest absolute Gasteiger partial charge is 0.322 e. The van der Waals surface area contributed by atoms with Gasteiger partial charge < -0.3 is 15.0 Å². The fraction of sp³-hybridized carbons (Fsp3) is 0.316. The molecule has 1 atom stereocenters. The predicted molar refractivity (Wildman–Crippen MR) is 91.9 cm³/mol. The molecule has 1 heterocycles. The largest absolute Gasteiger partial charge is 0.497 e. The van der Waals surface area contributed by atoms with Gasteiger partial charge in [-0.25, -0.2) is 4.79 Å². The Morgan fingerprint density at radius 3 is 2.61 bits per heavy atom. The molecule has 1 fully saturated rings. The van der Waals surface area contributed by atoms with E-state index < -0.39 is 0 Å². The van der Waals surface area contributed by atoms with Crippen LogP contribution in [0, 0.1) is 6.92 Å². The molecule has 0 unspecified atom stereocenters. The second-order valence-electron chi connectivity index (χ2n) is 5.87. The van der Waals surface area contributed by atoms with Crippen molar-refractivity contribution in [2.24, 2.45) is 0 Å². The number of carbonyl (C=O) groups excluding carboxylic acids is 1. The first-order chi connectivity index (χ1) is 11.2. The number of nitrogens with one attached hydrogen (secondary N) is 1. The number of urea groups is 1. The molecular formula is C19H22N2O2. The average Bonchev–Trinajstić information content (AvgIpc) is 3.07. The second-order valence-corrected chi connectivity index (χ2v) is 5.87. The molecule has 4 nitrogen and oxygen atoms in total. The summed E-state index contributed by atoms with van der Waals surface area (Å²) in [6, 6.07) is 15.9. The first kappa shape index (κ1) is 15.4. The van der Waals surface area contributed by atoms with E-state index in [4.69, 9.17) is 4.74 Å². The second kappa shape index (κ2) is 6.73. The summed E-state index contributed by atoms with van der Waals surface area (Å²) in [7, 11) is 1.66. The third-order valence-corrected chi connectivity index (χ3v) is 4.40. The maximum atomic E-state index is 12.7. The standard InChI is InChI=1S/C19H22N2O2/c1-14-6-3-4-7-17(14)20-19(22)21-13-5-8-18(21)15-9-11-16(23-2)12-10-15/h3-4,6-7,9-12,18H,5,8,13H2,1-2H3,(H,20,22)/t18-/m0/s1. The molecule has 1 saturated heterocycles. The molecular weight excluding hydrogens is 288 g/mol. The van der Waals surface area contributed by atoms with Crippen molar-refractivity contribution in [3.63, 3.8) is 0 Å². The highest BCUT2D eigenvalue weighted by atomic mass is 16.5. The molecule has 2 aromatic carbocycles. The predicted octanol–water partition coefficient (Wildman–Crippen LogP) is 4.37. The van der Waals surface area contributed by atoms with Crippen molar-refractivity contribution in [2.45, 2.75) is 25.8 Å². The lowest BCUT2D eigenvalue weighted by molar-refractivity contribution is 0.207. The van der Waals surface area contributed by atoms with Gasteiger partial charge in [-0.2, -0.15) is 0 Å². The summed E-state index contributed by atoms with van der Waals surface area (Å²) in [5.74, 6) is 0.836.